The molecule has 8 heteroatoms. The zero-order valence-corrected chi connectivity index (χ0v) is 30.1. The second kappa shape index (κ2) is 22.5. The van der Waals surface area contributed by atoms with Crippen LogP contribution in [0, 0.1) is 0 Å². The first kappa shape index (κ1) is 38.4. The van der Waals surface area contributed by atoms with Gasteiger partial charge in [0.1, 0.15) is 0 Å². The third kappa shape index (κ3) is 16.2. The van der Waals surface area contributed by atoms with Crippen LogP contribution in [0.4, 0.5) is 11.4 Å². The average molecular weight is 681 g/mol. The van der Waals surface area contributed by atoms with Gasteiger partial charge in [0.05, 0.1) is 11.4 Å². The fourth-order valence-electron chi connectivity index (χ4n) is 4.34. The van der Waals surface area contributed by atoms with Crippen LogP contribution in [0.25, 0.3) is 12.2 Å². The summed E-state index contributed by atoms with van der Waals surface area (Å²) in [6.45, 7) is 2.14. The second-order valence-electron chi connectivity index (χ2n) is 11.5. The van der Waals surface area contributed by atoms with Crippen molar-refractivity contribution in [3.05, 3.63) is 132 Å². The zero-order valence-electron chi connectivity index (χ0n) is 28.5. The van der Waals surface area contributed by atoms with Crippen molar-refractivity contribution < 1.29 is 9.59 Å². The summed E-state index contributed by atoms with van der Waals surface area (Å²) in [4.78, 5) is 30.9. The van der Waals surface area contributed by atoms with E-state index in [-0.39, 0.29) is 11.8 Å². The van der Waals surface area contributed by atoms with Gasteiger partial charge >= 0.3 is 0 Å². The van der Waals surface area contributed by atoms with Crippen molar-refractivity contribution in [2.24, 2.45) is 0 Å². The highest BCUT2D eigenvalue weighted by Gasteiger charge is 2.06. The number of hydrogen-bond acceptors (Lipinski definition) is 6. The van der Waals surface area contributed by atoms with Gasteiger partial charge in [0.15, 0.2) is 0 Å². The normalized spacial score (nSPS) is 11.1. The Balaban J connectivity index is 0.000000260. The molecule has 0 spiro atoms. The number of rotatable bonds is 16. The summed E-state index contributed by atoms with van der Waals surface area (Å²) in [5.74, 6) is 1.84. The number of carbonyl (C=O) groups excluding carboxylic acids is 2. The molecule has 4 rings (SSSR count). The van der Waals surface area contributed by atoms with E-state index in [1.54, 1.807) is 35.7 Å². The summed E-state index contributed by atoms with van der Waals surface area (Å²) < 4.78 is 0. The minimum absolute atomic E-state index is 0.111. The number of hydrogen-bond donors (Lipinski definition) is 2. The van der Waals surface area contributed by atoms with Gasteiger partial charge in [-0.1, -0.05) is 84.9 Å². The molecule has 48 heavy (non-hydrogen) atoms. The molecule has 0 aromatic heterocycles. The highest BCUT2D eigenvalue weighted by molar-refractivity contribution is 7.99. The molecule has 0 unspecified atom stereocenters. The van der Waals surface area contributed by atoms with E-state index in [9.17, 15) is 9.59 Å². The van der Waals surface area contributed by atoms with Gasteiger partial charge in [-0.2, -0.15) is 0 Å². The van der Waals surface area contributed by atoms with Crippen LogP contribution in [-0.4, -0.2) is 74.4 Å². The van der Waals surface area contributed by atoms with E-state index >= 15 is 0 Å². The van der Waals surface area contributed by atoms with Gasteiger partial charge in [0.2, 0.25) is 11.8 Å². The van der Waals surface area contributed by atoms with Crippen LogP contribution in [0.1, 0.15) is 24.0 Å². The lowest BCUT2D eigenvalue weighted by Gasteiger charge is -2.11. The zero-order chi connectivity index (χ0) is 34.4. The molecular formula is C40H48N4O2S2. The minimum Gasteiger partial charge on any atom is -0.321 e. The van der Waals surface area contributed by atoms with Crippen LogP contribution in [0.3, 0.4) is 0 Å². The highest BCUT2D eigenvalue weighted by atomic mass is 32.2. The molecular weight excluding hydrogens is 633 g/mol. The van der Waals surface area contributed by atoms with Crippen LogP contribution < -0.4 is 10.6 Å². The number of anilines is 2. The number of amides is 2. The van der Waals surface area contributed by atoms with Crippen LogP contribution >= 0.6 is 23.5 Å². The molecule has 6 nitrogen and oxygen atoms in total. The van der Waals surface area contributed by atoms with Crippen LogP contribution in [0.5, 0.6) is 0 Å². The summed E-state index contributed by atoms with van der Waals surface area (Å²) >= 11 is 3.56. The van der Waals surface area contributed by atoms with Gasteiger partial charge < -0.3 is 20.4 Å². The van der Waals surface area contributed by atoms with E-state index < -0.39 is 0 Å². The molecule has 4 aromatic carbocycles. The van der Waals surface area contributed by atoms with Crippen molar-refractivity contribution in [2.45, 2.75) is 22.6 Å². The van der Waals surface area contributed by atoms with Crippen molar-refractivity contribution in [2.75, 3.05) is 63.4 Å². The lowest BCUT2D eigenvalue weighted by atomic mass is 10.2. The molecule has 0 aliphatic heterocycles. The summed E-state index contributed by atoms with van der Waals surface area (Å²) in [5, 5.41) is 5.95. The van der Waals surface area contributed by atoms with Crippen molar-refractivity contribution in [1.29, 1.82) is 0 Å². The van der Waals surface area contributed by atoms with Crippen LogP contribution in [0.15, 0.2) is 131 Å². The Morgan fingerprint density at radius 3 is 1.27 bits per heavy atom. The summed E-state index contributed by atoms with van der Waals surface area (Å²) in [6, 6.07) is 35.5. The Morgan fingerprint density at radius 2 is 0.896 bits per heavy atom. The van der Waals surface area contributed by atoms with E-state index in [4.69, 9.17) is 0 Å². The quantitative estimate of drug-likeness (QED) is 0.0701. The first-order valence-electron chi connectivity index (χ1n) is 16.1. The highest BCUT2D eigenvalue weighted by Crippen LogP contribution is 2.28. The second-order valence-corrected chi connectivity index (χ2v) is 13.7. The van der Waals surface area contributed by atoms with Gasteiger partial charge in [-0.3, -0.25) is 9.59 Å². The number of nitrogens with zero attached hydrogens (tertiary/aromatic N) is 2. The van der Waals surface area contributed by atoms with E-state index in [0.717, 1.165) is 69.7 Å². The third-order valence-corrected chi connectivity index (χ3v) is 9.08. The molecule has 0 heterocycles. The summed E-state index contributed by atoms with van der Waals surface area (Å²) in [7, 11) is 8.33. The lowest BCUT2D eigenvalue weighted by Crippen LogP contribution is -2.13. The average Bonchev–Trinajstić information content (AvgIpc) is 3.09. The van der Waals surface area contributed by atoms with Crippen molar-refractivity contribution in [1.82, 2.24) is 9.80 Å². The Kier molecular flexibility index (Phi) is 18.0. The number of carbonyl (C=O) groups is 2. The maximum Gasteiger partial charge on any atom is 0.248 e. The van der Waals surface area contributed by atoms with Gasteiger partial charge in [-0.15, -0.1) is 23.5 Å². The van der Waals surface area contributed by atoms with E-state index in [1.807, 2.05) is 109 Å². The number of para-hydroxylation sites is 2. The lowest BCUT2D eigenvalue weighted by molar-refractivity contribution is -0.112. The maximum absolute atomic E-state index is 12.1. The fraction of sp³-hybridized carbons (Fsp3) is 0.250. The summed E-state index contributed by atoms with van der Waals surface area (Å²) in [6.07, 6.45) is 9.03. The van der Waals surface area contributed by atoms with Gasteiger partial charge in [0.25, 0.3) is 0 Å². The summed E-state index contributed by atoms with van der Waals surface area (Å²) in [5.41, 5.74) is 3.77. The van der Waals surface area contributed by atoms with E-state index in [1.165, 1.54) is 0 Å². The minimum atomic E-state index is -0.111. The standard InChI is InChI=1S/2C20H24N2OS/c2*1-22(2)15-8-16-24-19-12-7-6-11-18(19)21-20(23)14-13-17-9-4-3-5-10-17/h2*3-7,9-14H,8,15-16H2,1-2H3,(H,21,23)/b2*14-13+. The predicted molar refractivity (Wildman–Crippen MR) is 209 cm³/mol. The number of thioether (sulfide) groups is 2. The van der Waals surface area contributed by atoms with E-state index in [2.05, 4.69) is 60.8 Å². The molecule has 2 N–H and O–H groups in total. The molecule has 4 aromatic rings. The molecule has 252 valence electrons. The van der Waals surface area contributed by atoms with Crippen LogP contribution in [0.2, 0.25) is 0 Å². The van der Waals surface area contributed by atoms with Crippen LogP contribution in [-0.2, 0) is 9.59 Å². The third-order valence-electron chi connectivity index (χ3n) is 6.76. The molecule has 0 aliphatic rings. The largest absolute Gasteiger partial charge is 0.321 e. The van der Waals surface area contributed by atoms with Crippen molar-refractivity contribution in [3.8, 4) is 0 Å². The van der Waals surface area contributed by atoms with Gasteiger partial charge in [0, 0.05) is 21.9 Å². The predicted octanol–water partition coefficient (Wildman–Crippen LogP) is 8.76. The molecule has 0 aliphatic carbocycles. The Bertz CT molecular complexity index is 1460. The smallest absolute Gasteiger partial charge is 0.248 e. The first-order chi connectivity index (χ1) is 23.3. The van der Waals surface area contributed by atoms with Crippen molar-refractivity contribution >= 4 is 58.9 Å². The molecule has 0 bridgehead atoms. The number of nitrogens with one attached hydrogen (secondary N) is 2. The van der Waals surface area contributed by atoms with Crippen molar-refractivity contribution in [3.63, 3.8) is 0 Å². The molecule has 0 atom stereocenters. The Morgan fingerprint density at radius 1 is 0.542 bits per heavy atom. The topological polar surface area (TPSA) is 64.7 Å². The molecule has 0 saturated carbocycles. The molecule has 0 fully saturated rings. The Hall–Kier alpha value is -4.08. The molecule has 2 amide bonds. The molecule has 0 saturated heterocycles. The Labute approximate surface area is 295 Å². The first-order valence-corrected chi connectivity index (χ1v) is 18.1. The van der Waals surface area contributed by atoms with Gasteiger partial charge in [-0.25, -0.2) is 0 Å². The maximum atomic E-state index is 12.1. The molecule has 0 radical (unpaired) electrons. The number of benzene rings is 4. The van der Waals surface area contributed by atoms with E-state index in [0.29, 0.717) is 0 Å². The van der Waals surface area contributed by atoms with Gasteiger partial charge in [-0.05, 0) is 113 Å². The monoisotopic (exact) mass is 680 g/mol. The fourth-order valence-corrected chi connectivity index (χ4v) is 6.22. The SMILES string of the molecule is CN(C)CCCSc1ccccc1NC(=O)/C=C/c1ccccc1.CN(C)CCCSc1ccccc1NC(=O)/C=C/c1ccccc1.